The molecule has 84 valence electrons. The van der Waals surface area contributed by atoms with Crippen molar-refractivity contribution < 1.29 is 12.6 Å². The highest BCUT2D eigenvalue weighted by atomic mass is 32.2. The summed E-state index contributed by atoms with van der Waals surface area (Å²) < 4.78 is 26.8. The summed E-state index contributed by atoms with van der Waals surface area (Å²) in [6, 6.07) is 0. The summed E-state index contributed by atoms with van der Waals surface area (Å²) in [4.78, 5) is 0. The Morgan fingerprint density at radius 2 is 1.64 bits per heavy atom. The average Bonchev–Trinajstić information content (AvgIpc) is 2.02. The molecular weight excluding hydrogens is 200 g/mol. The van der Waals surface area contributed by atoms with Gasteiger partial charge < -0.3 is 0 Å². The van der Waals surface area contributed by atoms with Crippen LogP contribution >= 0.6 is 0 Å². The standard InChI is InChI=1S/C10H20O3S/c1-8(2)9-4-6-10(7-5-9)13-14(3,11)12/h8-10H,4-7H2,1-3H3. The summed E-state index contributed by atoms with van der Waals surface area (Å²) in [7, 11) is -3.26. The third-order valence-electron chi connectivity index (χ3n) is 2.97. The Hall–Kier alpha value is -0.0900. The van der Waals surface area contributed by atoms with Crippen molar-refractivity contribution in [1.29, 1.82) is 0 Å². The first-order chi connectivity index (χ1) is 6.38. The summed E-state index contributed by atoms with van der Waals surface area (Å²) >= 11 is 0. The van der Waals surface area contributed by atoms with E-state index < -0.39 is 10.1 Å². The molecule has 0 atom stereocenters. The minimum atomic E-state index is -3.26. The topological polar surface area (TPSA) is 43.4 Å². The van der Waals surface area contributed by atoms with Gasteiger partial charge in [0.15, 0.2) is 0 Å². The summed E-state index contributed by atoms with van der Waals surface area (Å²) in [5.74, 6) is 1.45. The van der Waals surface area contributed by atoms with E-state index in [4.69, 9.17) is 4.18 Å². The van der Waals surface area contributed by atoms with Crippen LogP contribution in [0.2, 0.25) is 0 Å². The molecule has 0 saturated heterocycles. The Kier molecular flexibility index (Phi) is 3.95. The second kappa shape index (κ2) is 4.62. The van der Waals surface area contributed by atoms with E-state index in [2.05, 4.69) is 13.8 Å². The van der Waals surface area contributed by atoms with Crippen LogP contribution in [0.1, 0.15) is 39.5 Å². The molecule has 0 aromatic carbocycles. The molecule has 3 nitrogen and oxygen atoms in total. The van der Waals surface area contributed by atoms with E-state index in [-0.39, 0.29) is 6.10 Å². The summed E-state index contributed by atoms with van der Waals surface area (Å²) in [5, 5.41) is 0. The molecule has 0 bridgehead atoms. The first kappa shape index (κ1) is 12.0. The number of rotatable bonds is 3. The third-order valence-corrected chi connectivity index (χ3v) is 3.59. The van der Waals surface area contributed by atoms with Gasteiger partial charge >= 0.3 is 0 Å². The van der Waals surface area contributed by atoms with Gasteiger partial charge in [-0.2, -0.15) is 8.42 Å². The molecule has 0 heterocycles. The SMILES string of the molecule is CC(C)C1CCC(OS(C)(=O)=O)CC1. The maximum atomic E-state index is 10.9. The Balaban J connectivity index is 2.36. The van der Waals surface area contributed by atoms with Crippen molar-refractivity contribution >= 4 is 10.1 Å². The van der Waals surface area contributed by atoms with E-state index in [9.17, 15) is 8.42 Å². The normalized spacial score (nSPS) is 29.4. The Labute approximate surface area is 87.0 Å². The first-order valence-electron chi connectivity index (χ1n) is 5.26. The van der Waals surface area contributed by atoms with Crippen molar-refractivity contribution in [1.82, 2.24) is 0 Å². The predicted octanol–water partition coefficient (Wildman–Crippen LogP) is 2.18. The van der Waals surface area contributed by atoms with Gasteiger partial charge in [-0.05, 0) is 37.5 Å². The lowest BCUT2D eigenvalue weighted by molar-refractivity contribution is 0.123. The molecule has 1 aliphatic carbocycles. The van der Waals surface area contributed by atoms with Gasteiger partial charge in [-0.3, -0.25) is 4.18 Å². The van der Waals surface area contributed by atoms with Crippen molar-refractivity contribution in [2.24, 2.45) is 11.8 Å². The summed E-state index contributed by atoms with van der Waals surface area (Å²) in [6.45, 7) is 4.45. The third kappa shape index (κ3) is 3.96. The molecule has 0 aliphatic heterocycles. The zero-order valence-corrected chi connectivity index (χ0v) is 10.0. The highest BCUT2D eigenvalue weighted by molar-refractivity contribution is 7.86. The lowest BCUT2D eigenvalue weighted by Gasteiger charge is -2.29. The second-order valence-corrected chi connectivity index (χ2v) is 6.18. The Bertz CT molecular complexity index is 261. The fraction of sp³-hybridized carbons (Fsp3) is 1.00. The van der Waals surface area contributed by atoms with Crippen LogP contribution in [0.5, 0.6) is 0 Å². The monoisotopic (exact) mass is 220 g/mol. The molecule has 0 aromatic heterocycles. The minimum Gasteiger partial charge on any atom is -0.267 e. The molecule has 1 saturated carbocycles. The van der Waals surface area contributed by atoms with Gasteiger partial charge in [0.25, 0.3) is 10.1 Å². The number of hydrogen-bond donors (Lipinski definition) is 0. The van der Waals surface area contributed by atoms with E-state index in [1.165, 1.54) is 0 Å². The molecule has 0 aromatic rings. The largest absolute Gasteiger partial charge is 0.267 e. The van der Waals surface area contributed by atoms with E-state index in [1.54, 1.807) is 0 Å². The fourth-order valence-electron chi connectivity index (χ4n) is 2.10. The molecule has 0 radical (unpaired) electrons. The van der Waals surface area contributed by atoms with Gasteiger partial charge in [0.05, 0.1) is 12.4 Å². The maximum Gasteiger partial charge on any atom is 0.264 e. The molecule has 1 rings (SSSR count). The lowest BCUT2D eigenvalue weighted by atomic mass is 9.81. The summed E-state index contributed by atoms with van der Waals surface area (Å²) in [5.41, 5.74) is 0. The van der Waals surface area contributed by atoms with Crippen molar-refractivity contribution in [2.45, 2.75) is 45.6 Å². The molecular formula is C10H20O3S. The Morgan fingerprint density at radius 3 is 2.00 bits per heavy atom. The molecule has 0 amide bonds. The zero-order chi connectivity index (χ0) is 10.8. The molecule has 0 unspecified atom stereocenters. The first-order valence-corrected chi connectivity index (χ1v) is 7.08. The summed E-state index contributed by atoms with van der Waals surface area (Å²) in [6.07, 6.45) is 5.02. The highest BCUT2D eigenvalue weighted by Crippen LogP contribution is 2.31. The maximum absolute atomic E-state index is 10.9. The molecule has 0 N–H and O–H groups in total. The van der Waals surface area contributed by atoms with Gasteiger partial charge in [-0.15, -0.1) is 0 Å². The van der Waals surface area contributed by atoms with Crippen LogP contribution in [0.25, 0.3) is 0 Å². The highest BCUT2D eigenvalue weighted by Gasteiger charge is 2.25. The van der Waals surface area contributed by atoms with Crippen LogP contribution in [0.4, 0.5) is 0 Å². The van der Waals surface area contributed by atoms with Crippen molar-refractivity contribution in [2.75, 3.05) is 6.26 Å². The smallest absolute Gasteiger partial charge is 0.264 e. The lowest BCUT2D eigenvalue weighted by Crippen LogP contribution is -2.26. The molecule has 14 heavy (non-hydrogen) atoms. The van der Waals surface area contributed by atoms with Crippen LogP contribution in [0.3, 0.4) is 0 Å². The van der Waals surface area contributed by atoms with Crippen LogP contribution in [-0.2, 0) is 14.3 Å². The molecule has 1 fully saturated rings. The van der Waals surface area contributed by atoms with E-state index in [0.717, 1.165) is 37.9 Å². The predicted molar refractivity (Wildman–Crippen MR) is 56.5 cm³/mol. The number of hydrogen-bond acceptors (Lipinski definition) is 3. The van der Waals surface area contributed by atoms with Gasteiger partial charge in [-0.1, -0.05) is 13.8 Å². The van der Waals surface area contributed by atoms with Gasteiger partial charge in [0, 0.05) is 0 Å². The molecule has 4 heteroatoms. The van der Waals surface area contributed by atoms with E-state index >= 15 is 0 Å². The van der Waals surface area contributed by atoms with Crippen molar-refractivity contribution in [3.05, 3.63) is 0 Å². The fourth-order valence-corrected chi connectivity index (χ4v) is 2.79. The molecule has 1 aliphatic rings. The van der Waals surface area contributed by atoms with Crippen LogP contribution in [-0.4, -0.2) is 20.8 Å². The van der Waals surface area contributed by atoms with Gasteiger partial charge in [0.2, 0.25) is 0 Å². The Morgan fingerprint density at radius 1 is 1.14 bits per heavy atom. The van der Waals surface area contributed by atoms with Crippen LogP contribution in [0, 0.1) is 11.8 Å². The van der Waals surface area contributed by atoms with Crippen molar-refractivity contribution in [3.63, 3.8) is 0 Å². The van der Waals surface area contributed by atoms with Crippen LogP contribution < -0.4 is 0 Å². The zero-order valence-electron chi connectivity index (χ0n) is 9.19. The van der Waals surface area contributed by atoms with Gasteiger partial charge in [-0.25, -0.2) is 0 Å². The minimum absolute atomic E-state index is 0.0694. The van der Waals surface area contributed by atoms with Crippen molar-refractivity contribution in [3.8, 4) is 0 Å². The molecule has 0 spiro atoms. The quantitative estimate of drug-likeness (QED) is 0.685. The van der Waals surface area contributed by atoms with E-state index in [0.29, 0.717) is 5.92 Å². The second-order valence-electron chi connectivity index (χ2n) is 4.58. The average molecular weight is 220 g/mol. The van der Waals surface area contributed by atoms with Gasteiger partial charge in [0.1, 0.15) is 0 Å². The van der Waals surface area contributed by atoms with Crippen LogP contribution in [0.15, 0.2) is 0 Å². The van der Waals surface area contributed by atoms with E-state index in [1.807, 2.05) is 0 Å².